The number of nitrogens with one attached hydrogen (secondary N) is 1. The van der Waals surface area contributed by atoms with Gasteiger partial charge < -0.3 is 10.1 Å². The van der Waals surface area contributed by atoms with Gasteiger partial charge in [-0.15, -0.1) is 0 Å². The highest BCUT2D eigenvalue weighted by atomic mass is 19.1. The van der Waals surface area contributed by atoms with Crippen molar-refractivity contribution < 1.29 is 13.9 Å². The molecule has 0 aromatic heterocycles. The molecule has 2 aromatic rings. The van der Waals surface area contributed by atoms with E-state index in [1.807, 2.05) is 45.0 Å². The number of rotatable bonds is 6. The van der Waals surface area contributed by atoms with Crippen LogP contribution in [-0.2, 0) is 4.79 Å². The molecule has 0 spiro atoms. The third-order valence-electron chi connectivity index (χ3n) is 3.66. The van der Waals surface area contributed by atoms with E-state index >= 15 is 0 Å². The second-order valence-corrected chi connectivity index (χ2v) is 5.61. The van der Waals surface area contributed by atoms with Crippen LogP contribution < -0.4 is 10.1 Å². The summed E-state index contributed by atoms with van der Waals surface area (Å²) in [6.45, 7) is 5.75. The summed E-state index contributed by atoms with van der Waals surface area (Å²) in [7, 11) is 0. The minimum Gasteiger partial charge on any atom is -0.481 e. The summed E-state index contributed by atoms with van der Waals surface area (Å²) in [5, 5.41) is 2.92. The number of amides is 1. The molecule has 0 bridgehead atoms. The first-order valence-electron chi connectivity index (χ1n) is 7.78. The third-order valence-corrected chi connectivity index (χ3v) is 3.66. The van der Waals surface area contributed by atoms with Crippen molar-refractivity contribution in [3.63, 3.8) is 0 Å². The van der Waals surface area contributed by atoms with Crippen LogP contribution in [0.15, 0.2) is 48.5 Å². The number of aryl methyl sites for hydroxylation is 1. The smallest absolute Gasteiger partial charge is 0.261 e. The van der Waals surface area contributed by atoms with Gasteiger partial charge in [-0.3, -0.25) is 4.79 Å². The maximum Gasteiger partial charge on any atom is 0.261 e. The molecule has 1 N–H and O–H groups in total. The van der Waals surface area contributed by atoms with Crippen molar-refractivity contribution in [1.29, 1.82) is 0 Å². The average Bonchev–Trinajstić information content (AvgIpc) is 2.53. The van der Waals surface area contributed by atoms with Crippen LogP contribution in [0, 0.1) is 12.7 Å². The summed E-state index contributed by atoms with van der Waals surface area (Å²) in [5.41, 5.74) is 1.93. The lowest BCUT2D eigenvalue weighted by Crippen LogP contribution is -2.39. The second kappa shape index (κ2) is 7.77. The minimum atomic E-state index is -0.556. The van der Waals surface area contributed by atoms with E-state index < -0.39 is 6.10 Å². The van der Waals surface area contributed by atoms with Crippen molar-refractivity contribution >= 4 is 5.91 Å². The van der Waals surface area contributed by atoms with E-state index in [4.69, 9.17) is 4.74 Å². The Hall–Kier alpha value is -2.36. The number of carbonyl (C=O) groups is 1. The van der Waals surface area contributed by atoms with Crippen molar-refractivity contribution in [3.8, 4) is 5.75 Å². The lowest BCUT2D eigenvalue weighted by Gasteiger charge is -2.21. The van der Waals surface area contributed by atoms with E-state index in [0.717, 1.165) is 11.1 Å². The fraction of sp³-hybridized carbons (Fsp3) is 0.316. The van der Waals surface area contributed by atoms with Crippen LogP contribution in [0.3, 0.4) is 0 Å². The summed E-state index contributed by atoms with van der Waals surface area (Å²) in [5.74, 6) is 0.216. The Morgan fingerprint density at radius 3 is 2.52 bits per heavy atom. The number of hydrogen-bond acceptors (Lipinski definition) is 2. The number of halogens is 1. The Morgan fingerprint density at radius 2 is 1.91 bits per heavy atom. The van der Waals surface area contributed by atoms with E-state index in [-0.39, 0.29) is 17.8 Å². The van der Waals surface area contributed by atoms with Crippen LogP contribution in [0.2, 0.25) is 0 Å². The third kappa shape index (κ3) is 4.81. The van der Waals surface area contributed by atoms with Crippen LogP contribution in [0.25, 0.3) is 0 Å². The van der Waals surface area contributed by atoms with Gasteiger partial charge >= 0.3 is 0 Å². The minimum absolute atomic E-state index is 0.175. The van der Waals surface area contributed by atoms with Crippen molar-refractivity contribution in [2.24, 2.45) is 0 Å². The molecular formula is C19H22FNO2. The molecule has 2 atom stereocenters. The summed E-state index contributed by atoms with van der Waals surface area (Å²) in [4.78, 5) is 12.4. The van der Waals surface area contributed by atoms with Gasteiger partial charge in [0.2, 0.25) is 0 Å². The molecule has 0 aliphatic carbocycles. The van der Waals surface area contributed by atoms with Crippen molar-refractivity contribution in [3.05, 3.63) is 65.5 Å². The van der Waals surface area contributed by atoms with Crippen LogP contribution in [0.5, 0.6) is 5.75 Å². The zero-order valence-electron chi connectivity index (χ0n) is 13.7. The molecule has 0 aliphatic rings. The Labute approximate surface area is 136 Å². The molecule has 122 valence electrons. The quantitative estimate of drug-likeness (QED) is 0.869. The van der Waals surface area contributed by atoms with Gasteiger partial charge in [-0.1, -0.05) is 31.2 Å². The SMILES string of the molecule is CCC(Oc1cccc(C)c1)C(=O)NC(C)c1ccc(F)cc1. The Balaban J connectivity index is 2.00. The highest BCUT2D eigenvalue weighted by Crippen LogP contribution is 2.17. The fourth-order valence-electron chi connectivity index (χ4n) is 2.32. The maximum absolute atomic E-state index is 13.0. The van der Waals surface area contributed by atoms with E-state index in [0.29, 0.717) is 12.2 Å². The summed E-state index contributed by atoms with van der Waals surface area (Å²) >= 11 is 0. The van der Waals surface area contributed by atoms with Crippen LogP contribution in [0.4, 0.5) is 4.39 Å². The lowest BCUT2D eigenvalue weighted by molar-refractivity contribution is -0.128. The highest BCUT2D eigenvalue weighted by Gasteiger charge is 2.20. The van der Waals surface area contributed by atoms with Gasteiger partial charge in [0.15, 0.2) is 6.10 Å². The zero-order valence-corrected chi connectivity index (χ0v) is 13.7. The van der Waals surface area contributed by atoms with Crippen LogP contribution in [-0.4, -0.2) is 12.0 Å². The average molecular weight is 315 g/mol. The maximum atomic E-state index is 13.0. The second-order valence-electron chi connectivity index (χ2n) is 5.61. The molecule has 3 nitrogen and oxygen atoms in total. The first-order valence-corrected chi connectivity index (χ1v) is 7.78. The van der Waals surface area contributed by atoms with Crippen LogP contribution >= 0.6 is 0 Å². The first kappa shape index (κ1) is 17.0. The molecule has 1 amide bonds. The van der Waals surface area contributed by atoms with Gasteiger partial charge in [0.25, 0.3) is 5.91 Å². The molecule has 4 heteroatoms. The lowest BCUT2D eigenvalue weighted by atomic mass is 10.1. The summed E-state index contributed by atoms with van der Waals surface area (Å²) < 4.78 is 18.8. The molecular weight excluding hydrogens is 293 g/mol. The topological polar surface area (TPSA) is 38.3 Å². The van der Waals surface area contributed by atoms with E-state index in [2.05, 4.69) is 5.32 Å². The van der Waals surface area contributed by atoms with E-state index in [1.54, 1.807) is 12.1 Å². The van der Waals surface area contributed by atoms with Crippen molar-refractivity contribution in [2.75, 3.05) is 0 Å². The molecule has 0 radical (unpaired) electrons. The summed E-state index contributed by atoms with van der Waals surface area (Å²) in [6.07, 6.45) is 0.00956. The first-order chi connectivity index (χ1) is 11.0. The van der Waals surface area contributed by atoms with E-state index in [1.165, 1.54) is 12.1 Å². The molecule has 0 saturated carbocycles. The van der Waals surface area contributed by atoms with E-state index in [9.17, 15) is 9.18 Å². The normalized spacial score (nSPS) is 13.2. The number of hydrogen-bond donors (Lipinski definition) is 1. The largest absolute Gasteiger partial charge is 0.481 e. The molecule has 0 aliphatic heterocycles. The molecule has 2 unspecified atom stereocenters. The monoisotopic (exact) mass is 315 g/mol. The van der Waals surface area contributed by atoms with Gasteiger partial charge in [-0.2, -0.15) is 0 Å². The molecule has 2 aromatic carbocycles. The Kier molecular flexibility index (Phi) is 5.74. The molecule has 0 saturated heterocycles. The highest BCUT2D eigenvalue weighted by molar-refractivity contribution is 5.81. The number of carbonyl (C=O) groups excluding carboxylic acids is 1. The van der Waals surface area contributed by atoms with Gasteiger partial charge in [-0.05, 0) is 55.7 Å². The van der Waals surface area contributed by atoms with Gasteiger partial charge in [0.05, 0.1) is 6.04 Å². The van der Waals surface area contributed by atoms with Gasteiger partial charge in [0, 0.05) is 0 Å². The molecule has 0 fully saturated rings. The molecule has 23 heavy (non-hydrogen) atoms. The Bertz CT molecular complexity index is 655. The predicted octanol–water partition coefficient (Wildman–Crippen LogP) is 4.17. The van der Waals surface area contributed by atoms with Gasteiger partial charge in [-0.25, -0.2) is 4.39 Å². The van der Waals surface area contributed by atoms with Crippen molar-refractivity contribution in [2.45, 2.75) is 39.3 Å². The standard InChI is InChI=1S/C19H22FNO2/c1-4-18(23-17-7-5-6-13(2)12-17)19(22)21-14(3)15-8-10-16(20)11-9-15/h5-12,14,18H,4H2,1-3H3,(H,21,22). The Morgan fingerprint density at radius 1 is 1.22 bits per heavy atom. The zero-order chi connectivity index (χ0) is 16.8. The van der Waals surface area contributed by atoms with Crippen molar-refractivity contribution in [1.82, 2.24) is 5.32 Å². The van der Waals surface area contributed by atoms with Crippen LogP contribution in [0.1, 0.15) is 37.4 Å². The molecule has 0 heterocycles. The number of ether oxygens (including phenoxy) is 1. The van der Waals surface area contributed by atoms with Gasteiger partial charge in [0.1, 0.15) is 11.6 Å². The fourth-order valence-corrected chi connectivity index (χ4v) is 2.32. The predicted molar refractivity (Wildman–Crippen MR) is 88.8 cm³/mol. The summed E-state index contributed by atoms with van der Waals surface area (Å²) in [6, 6.07) is 13.5. The molecule has 2 rings (SSSR count). The number of benzene rings is 2.